The molecule has 2 atom stereocenters. The maximum absolute atomic E-state index is 9.14. The fraction of sp³-hybridized carbons (Fsp3) is 1.00. The van der Waals surface area contributed by atoms with E-state index in [-0.39, 0.29) is 5.54 Å². The summed E-state index contributed by atoms with van der Waals surface area (Å²) in [4.78, 5) is 2.59. The lowest BCUT2D eigenvalue weighted by molar-refractivity contribution is 0.103. The fourth-order valence-electron chi connectivity index (χ4n) is 2.72. The summed E-state index contributed by atoms with van der Waals surface area (Å²) < 4.78 is 0. The molecular weight excluding hydrogens is 224 g/mol. The van der Waals surface area contributed by atoms with Crippen molar-refractivity contribution in [2.24, 2.45) is 5.92 Å². The molecule has 2 N–H and O–H groups in total. The minimum atomic E-state index is 0.209. The van der Waals surface area contributed by atoms with Gasteiger partial charge in [0.15, 0.2) is 0 Å². The van der Waals surface area contributed by atoms with Crippen LogP contribution >= 0.6 is 0 Å². The Kier molecular flexibility index (Phi) is 6.61. The number of likely N-dealkylation sites (tertiary alicyclic amines) is 1. The first-order chi connectivity index (χ1) is 8.42. The average Bonchev–Trinajstić information content (AvgIpc) is 2.29. The zero-order valence-corrected chi connectivity index (χ0v) is 12.7. The molecule has 0 aromatic carbocycles. The number of aliphatic hydroxyl groups is 1. The van der Waals surface area contributed by atoms with E-state index < -0.39 is 0 Å². The molecule has 1 aliphatic rings. The molecule has 0 amide bonds. The summed E-state index contributed by atoms with van der Waals surface area (Å²) in [5, 5.41) is 12.7. The first-order valence-electron chi connectivity index (χ1n) is 7.52. The molecule has 1 heterocycles. The third-order valence-electron chi connectivity index (χ3n) is 3.74. The van der Waals surface area contributed by atoms with Crippen LogP contribution in [-0.4, -0.2) is 47.8 Å². The Morgan fingerprint density at radius 1 is 1.33 bits per heavy atom. The van der Waals surface area contributed by atoms with Crippen LogP contribution in [0.2, 0.25) is 0 Å². The lowest BCUT2D eigenvalue weighted by Gasteiger charge is -2.37. The lowest BCUT2D eigenvalue weighted by Crippen LogP contribution is -2.46. The van der Waals surface area contributed by atoms with Crippen molar-refractivity contribution in [1.29, 1.82) is 0 Å². The van der Waals surface area contributed by atoms with Crippen molar-refractivity contribution >= 4 is 0 Å². The highest BCUT2D eigenvalue weighted by Gasteiger charge is 2.23. The molecule has 1 fully saturated rings. The summed E-state index contributed by atoms with van der Waals surface area (Å²) in [6, 6.07) is 0.612. The summed E-state index contributed by atoms with van der Waals surface area (Å²) in [7, 11) is 0. The number of hydrogen-bond donors (Lipinski definition) is 2. The van der Waals surface area contributed by atoms with Crippen LogP contribution in [0.1, 0.15) is 53.4 Å². The highest BCUT2D eigenvalue weighted by Crippen LogP contribution is 2.20. The van der Waals surface area contributed by atoms with Gasteiger partial charge in [0, 0.05) is 24.7 Å². The zero-order chi connectivity index (χ0) is 13.6. The van der Waals surface area contributed by atoms with Gasteiger partial charge in [0.2, 0.25) is 0 Å². The SMILES string of the molecule is CC(CNC(C)(C)C)CN1CCCCC1CCO. The highest BCUT2D eigenvalue weighted by atomic mass is 16.3. The number of aliphatic hydroxyl groups excluding tert-OH is 1. The van der Waals surface area contributed by atoms with Crippen molar-refractivity contribution in [2.75, 3.05) is 26.2 Å². The first kappa shape index (κ1) is 15.9. The van der Waals surface area contributed by atoms with E-state index in [4.69, 9.17) is 5.11 Å². The van der Waals surface area contributed by atoms with Crippen LogP contribution in [-0.2, 0) is 0 Å². The molecule has 0 spiro atoms. The minimum absolute atomic E-state index is 0.209. The third kappa shape index (κ3) is 6.17. The molecular formula is C15H32N2O. The molecule has 2 unspecified atom stereocenters. The average molecular weight is 256 g/mol. The van der Waals surface area contributed by atoms with Crippen molar-refractivity contribution in [1.82, 2.24) is 10.2 Å². The third-order valence-corrected chi connectivity index (χ3v) is 3.74. The molecule has 0 aromatic heterocycles. The maximum Gasteiger partial charge on any atom is 0.0445 e. The smallest absolute Gasteiger partial charge is 0.0445 e. The Labute approximate surface area is 113 Å². The van der Waals surface area contributed by atoms with Gasteiger partial charge in [-0.15, -0.1) is 0 Å². The summed E-state index contributed by atoms with van der Waals surface area (Å²) in [5.41, 5.74) is 0.209. The maximum atomic E-state index is 9.14. The quantitative estimate of drug-likeness (QED) is 0.765. The van der Waals surface area contributed by atoms with Crippen molar-refractivity contribution < 1.29 is 5.11 Å². The minimum Gasteiger partial charge on any atom is -0.396 e. The van der Waals surface area contributed by atoms with Crippen molar-refractivity contribution in [3.8, 4) is 0 Å². The van der Waals surface area contributed by atoms with Crippen LogP contribution in [0.25, 0.3) is 0 Å². The molecule has 1 aliphatic heterocycles. The Balaban J connectivity index is 2.34. The van der Waals surface area contributed by atoms with E-state index in [2.05, 4.69) is 37.9 Å². The molecule has 0 aliphatic carbocycles. The Bertz CT molecular complexity index is 223. The van der Waals surface area contributed by atoms with Gasteiger partial charge in [0.1, 0.15) is 0 Å². The number of piperidine rings is 1. The Morgan fingerprint density at radius 3 is 2.67 bits per heavy atom. The number of nitrogens with zero attached hydrogens (tertiary/aromatic N) is 1. The molecule has 108 valence electrons. The number of rotatable bonds is 6. The Morgan fingerprint density at radius 2 is 2.06 bits per heavy atom. The molecule has 3 nitrogen and oxygen atoms in total. The molecule has 1 saturated heterocycles. The van der Waals surface area contributed by atoms with Crippen molar-refractivity contribution in [2.45, 2.75) is 65.0 Å². The van der Waals surface area contributed by atoms with E-state index in [9.17, 15) is 0 Å². The summed E-state index contributed by atoms with van der Waals surface area (Å²) in [6.07, 6.45) is 4.86. The van der Waals surface area contributed by atoms with E-state index in [1.54, 1.807) is 0 Å². The Hall–Kier alpha value is -0.120. The second-order valence-corrected chi connectivity index (χ2v) is 6.89. The van der Waals surface area contributed by atoms with E-state index >= 15 is 0 Å². The monoisotopic (exact) mass is 256 g/mol. The molecule has 1 rings (SSSR count). The van der Waals surface area contributed by atoms with E-state index in [0.29, 0.717) is 18.6 Å². The standard InChI is InChI=1S/C15H32N2O/c1-13(11-16-15(2,3)4)12-17-9-6-5-7-14(17)8-10-18/h13-14,16,18H,5-12H2,1-4H3. The van der Waals surface area contributed by atoms with Crippen LogP contribution < -0.4 is 5.32 Å². The number of hydrogen-bond acceptors (Lipinski definition) is 3. The predicted octanol–water partition coefficient (Wildman–Crippen LogP) is 2.25. The molecule has 3 heteroatoms. The van der Waals surface area contributed by atoms with Crippen LogP contribution in [0.4, 0.5) is 0 Å². The summed E-state index contributed by atoms with van der Waals surface area (Å²) >= 11 is 0. The van der Waals surface area contributed by atoms with Gasteiger partial charge in [-0.25, -0.2) is 0 Å². The van der Waals surface area contributed by atoms with E-state index in [0.717, 1.165) is 19.5 Å². The van der Waals surface area contributed by atoms with Gasteiger partial charge in [0.25, 0.3) is 0 Å². The van der Waals surface area contributed by atoms with Gasteiger partial charge in [0.05, 0.1) is 0 Å². The van der Waals surface area contributed by atoms with Crippen molar-refractivity contribution in [3.05, 3.63) is 0 Å². The second-order valence-electron chi connectivity index (χ2n) is 6.89. The fourth-order valence-corrected chi connectivity index (χ4v) is 2.72. The van der Waals surface area contributed by atoms with Gasteiger partial charge in [-0.2, -0.15) is 0 Å². The van der Waals surface area contributed by atoms with Gasteiger partial charge in [-0.3, -0.25) is 4.90 Å². The second kappa shape index (κ2) is 7.46. The predicted molar refractivity (Wildman–Crippen MR) is 77.8 cm³/mol. The van der Waals surface area contributed by atoms with Crippen LogP contribution in [0.15, 0.2) is 0 Å². The molecule has 0 radical (unpaired) electrons. The topological polar surface area (TPSA) is 35.5 Å². The summed E-state index contributed by atoms with van der Waals surface area (Å²) in [5.74, 6) is 0.670. The molecule has 0 bridgehead atoms. The number of nitrogens with one attached hydrogen (secondary N) is 1. The summed E-state index contributed by atoms with van der Waals surface area (Å²) in [6.45, 7) is 12.8. The van der Waals surface area contributed by atoms with Crippen LogP contribution in [0.5, 0.6) is 0 Å². The molecule has 0 saturated carbocycles. The largest absolute Gasteiger partial charge is 0.396 e. The van der Waals surface area contributed by atoms with Crippen LogP contribution in [0, 0.1) is 5.92 Å². The first-order valence-corrected chi connectivity index (χ1v) is 7.52. The van der Waals surface area contributed by atoms with Gasteiger partial charge < -0.3 is 10.4 Å². The molecule has 18 heavy (non-hydrogen) atoms. The normalized spacial score (nSPS) is 24.2. The van der Waals surface area contributed by atoms with Gasteiger partial charge in [-0.1, -0.05) is 13.3 Å². The van der Waals surface area contributed by atoms with Gasteiger partial charge in [-0.05, 0) is 59.0 Å². The van der Waals surface area contributed by atoms with Crippen LogP contribution in [0.3, 0.4) is 0 Å². The van der Waals surface area contributed by atoms with Gasteiger partial charge >= 0.3 is 0 Å². The highest BCUT2D eigenvalue weighted by molar-refractivity contribution is 4.79. The van der Waals surface area contributed by atoms with Crippen molar-refractivity contribution in [3.63, 3.8) is 0 Å². The zero-order valence-electron chi connectivity index (χ0n) is 12.7. The lowest BCUT2D eigenvalue weighted by atomic mass is 9.97. The van der Waals surface area contributed by atoms with E-state index in [1.807, 2.05) is 0 Å². The van der Waals surface area contributed by atoms with E-state index in [1.165, 1.54) is 25.8 Å². The molecule has 0 aromatic rings.